The molecule has 162 valence electrons. The number of benzene rings is 1. The number of aliphatic hydroxyl groups excluding tert-OH is 1. The Balaban J connectivity index is 1.91. The second-order valence-corrected chi connectivity index (χ2v) is 8.23. The van der Waals surface area contributed by atoms with Crippen LogP contribution < -0.4 is 5.32 Å². The molecule has 0 radical (unpaired) electrons. The van der Waals surface area contributed by atoms with Crippen molar-refractivity contribution in [3.05, 3.63) is 70.3 Å². The zero-order valence-electron chi connectivity index (χ0n) is 18.0. The van der Waals surface area contributed by atoms with Gasteiger partial charge >= 0.3 is 12.3 Å². The van der Waals surface area contributed by atoms with Gasteiger partial charge in [0.15, 0.2) is 10.7 Å². The van der Waals surface area contributed by atoms with E-state index in [0.29, 0.717) is 17.9 Å². The van der Waals surface area contributed by atoms with E-state index < -0.39 is 17.7 Å². The van der Waals surface area contributed by atoms with Crippen LogP contribution in [-0.4, -0.2) is 26.8 Å². The number of para-hydroxylation sites is 1. The summed E-state index contributed by atoms with van der Waals surface area (Å²) in [6.45, 7) is 7.08. The fraction of sp³-hybridized carbons (Fsp3) is 0.364. The minimum atomic E-state index is -0.655. The second kappa shape index (κ2) is 8.92. The summed E-state index contributed by atoms with van der Waals surface area (Å²) in [5.74, 6) is 0.610. The van der Waals surface area contributed by atoms with Crippen LogP contribution in [0.4, 0.5) is 4.79 Å². The van der Waals surface area contributed by atoms with Crippen molar-refractivity contribution in [2.45, 2.75) is 52.2 Å². The first-order valence-electron chi connectivity index (χ1n) is 9.89. The van der Waals surface area contributed by atoms with Gasteiger partial charge in [0.1, 0.15) is 17.4 Å². The number of rotatable bonds is 6. The maximum atomic E-state index is 12.5. The van der Waals surface area contributed by atoms with Crippen molar-refractivity contribution in [3.8, 4) is 0 Å². The van der Waals surface area contributed by atoms with Crippen LogP contribution in [0.25, 0.3) is 15.9 Å². The third-order valence-corrected chi connectivity index (χ3v) is 4.55. The smallest absolute Gasteiger partial charge is 0.408 e. The molecule has 0 saturated carbocycles. The molecule has 1 atom stereocenters. The van der Waals surface area contributed by atoms with Crippen molar-refractivity contribution in [1.82, 2.24) is 15.3 Å². The van der Waals surface area contributed by atoms with Gasteiger partial charge in [-0.15, -0.1) is 0 Å². The molecule has 9 nitrogen and oxygen atoms in total. The number of carbonyl (C=O) groups excluding carboxylic acids is 1. The molecule has 0 aliphatic rings. The van der Waals surface area contributed by atoms with Gasteiger partial charge in [-0.2, -0.15) is 0 Å². The lowest BCUT2D eigenvalue weighted by atomic mass is 10.0. The van der Waals surface area contributed by atoms with Gasteiger partial charge in [-0.1, -0.05) is 18.2 Å². The van der Waals surface area contributed by atoms with Crippen molar-refractivity contribution in [2.24, 2.45) is 0 Å². The largest absolute Gasteiger partial charge is 0.505 e. The number of fused-ring (bicyclic) bond motifs is 1. The number of nitrogens with zero attached hydrogens (tertiary/aromatic N) is 3. The summed E-state index contributed by atoms with van der Waals surface area (Å²) in [6, 6.07) is 7.27. The third kappa shape index (κ3) is 5.63. The Morgan fingerprint density at radius 1 is 1.42 bits per heavy atom. The van der Waals surface area contributed by atoms with E-state index in [0.717, 1.165) is 22.7 Å². The summed E-state index contributed by atoms with van der Waals surface area (Å²) in [5.41, 5.74) is 1.79. The molecular formula is C22H26N5O4+. The molecule has 3 N–H and O–H groups in total. The van der Waals surface area contributed by atoms with E-state index in [1.54, 1.807) is 27.7 Å². The van der Waals surface area contributed by atoms with Crippen molar-refractivity contribution in [2.75, 3.05) is 0 Å². The highest BCUT2D eigenvalue weighted by Crippen LogP contribution is 2.26. The van der Waals surface area contributed by atoms with Crippen LogP contribution >= 0.6 is 0 Å². The number of carbonyl (C=O) groups is 1. The van der Waals surface area contributed by atoms with Crippen LogP contribution in [0.1, 0.15) is 49.7 Å². The first-order chi connectivity index (χ1) is 14.7. The highest BCUT2D eigenvalue weighted by molar-refractivity contribution is 5.83. The molecule has 0 bridgehead atoms. The molecule has 3 rings (SSSR count). The average molecular weight is 424 g/mol. The van der Waals surface area contributed by atoms with Gasteiger partial charge in [-0.3, -0.25) is 0 Å². The highest BCUT2D eigenvalue weighted by atomic mass is 16.6. The van der Waals surface area contributed by atoms with E-state index in [1.165, 1.54) is 0 Å². The monoisotopic (exact) mass is 424 g/mol. The van der Waals surface area contributed by atoms with Crippen molar-refractivity contribution >= 4 is 17.0 Å². The Labute approximate surface area is 179 Å². The lowest BCUT2D eigenvalue weighted by molar-refractivity contribution is 0.0495. The Kier molecular flexibility index (Phi) is 6.30. The summed E-state index contributed by atoms with van der Waals surface area (Å²) < 4.78 is 11.2. The first kappa shape index (κ1) is 21.9. The zero-order chi connectivity index (χ0) is 22.6. The Morgan fingerprint density at radius 2 is 2.16 bits per heavy atom. The summed E-state index contributed by atoms with van der Waals surface area (Å²) >= 11 is 0. The molecule has 3 aromatic rings. The Bertz CT molecular complexity index is 1150. The number of oxazole rings is 1. The number of amides is 1. The summed E-state index contributed by atoms with van der Waals surface area (Å²) in [4.78, 5) is 23.0. The van der Waals surface area contributed by atoms with Gasteiger partial charge < -0.3 is 24.6 Å². The quantitative estimate of drug-likeness (QED) is 0.374. The van der Waals surface area contributed by atoms with Crippen LogP contribution in [0, 0.1) is 12.3 Å². The molecule has 1 aromatic carbocycles. The molecular weight excluding hydrogens is 398 g/mol. The van der Waals surface area contributed by atoms with E-state index in [-0.39, 0.29) is 18.1 Å². The Morgan fingerprint density at radius 3 is 2.87 bits per heavy atom. The summed E-state index contributed by atoms with van der Waals surface area (Å²) in [7, 11) is 0. The molecule has 9 heteroatoms. The lowest BCUT2D eigenvalue weighted by Crippen LogP contribution is -2.36. The number of diazo groups is 1. The predicted molar refractivity (Wildman–Crippen MR) is 115 cm³/mol. The standard InChI is InChI=1S/C22H25N5O4/c1-13-18(10-15(28)12-25-23)26-20(30-13)19(27-21(29)31-22(2,3)4)9-14-11-24-17-8-6-5-7-16(14)17/h5-8,11-12,19,24H,9-10H2,1-4H3,(H-,27,28,29)/p+1/b15-12-/t19-/m1/s1. The summed E-state index contributed by atoms with van der Waals surface area (Å²) in [5, 5.41) is 22.3. The number of ether oxygens (including phenoxy) is 1. The number of aromatic amines is 1. The molecule has 1 amide bonds. The topological polar surface area (TPSA) is 129 Å². The maximum Gasteiger partial charge on any atom is 0.408 e. The van der Waals surface area contributed by atoms with Crippen molar-refractivity contribution < 1.29 is 19.1 Å². The van der Waals surface area contributed by atoms with E-state index in [1.807, 2.05) is 30.5 Å². The normalized spacial score (nSPS) is 13.1. The van der Waals surface area contributed by atoms with Gasteiger partial charge in [0, 0.05) is 23.5 Å². The number of aryl methyl sites for hydroxylation is 1. The third-order valence-electron chi connectivity index (χ3n) is 4.55. The van der Waals surface area contributed by atoms with Gasteiger partial charge in [0.25, 0.3) is 0 Å². The number of H-pyrrole nitrogens is 1. The number of hydrogen-bond donors (Lipinski definition) is 3. The molecule has 0 unspecified atom stereocenters. The average Bonchev–Trinajstić information content (AvgIpc) is 3.24. The molecule has 31 heavy (non-hydrogen) atoms. The van der Waals surface area contributed by atoms with Crippen LogP contribution in [0.2, 0.25) is 0 Å². The number of hydrogen-bond acceptors (Lipinski definition) is 6. The fourth-order valence-corrected chi connectivity index (χ4v) is 3.22. The highest BCUT2D eigenvalue weighted by Gasteiger charge is 2.26. The SMILES string of the molecule is Cc1oc([C@@H](Cc2c[nH]c3ccccc23)NC(=O)OC(C)(C)C)nc1C/C(O)=C/[N+]#N. The van der Waals surface area contributed by atoms with Crippen LogP contribution in [0.15, 0.2) is 46.8 Å². The number of allylic oxidation sites excluding steroid dienone is 1. The molecule has 0 saturated heterocycles. The second-order valence-electron chi connectivity index (χ2n) is 8.23. The first-order valence-corrected chi connectivity index (χ1v) is 9.89. The van der Waals surface area contributed by atoms with Crippen LogP contribution in [0.5, 0.6) is 0 Å². The predicted octanol–water partition coefficient (Wildman–Crippen LogP) is 5.07. The molecule has 0 aliphatic heterocycles. The minimum absolute atomic E-state index is 0.0334. The number of aromatic nitrogens is 2. The number of aliphatic hydroxyl groups is 1. The van der Waals surface area contributed by atoms with Crippen molar-refractivity contribution in [1.29, 1.82) is 5.39 Å². The van der Waals surface area contributed by atoms with E-state index in [9.17, 15) is 9.90 Å². The molecule has 2 aromatic heterocycles. The molecule has 0 spiro atoms. The van der Waals surface area contributed by atoms with Crippen molar-refractivity contribution in [3.63, 3.8) is 0 Å². The lowest BCUT2D eigenvalue weighted by Gasteiger charge is -2.22. The van der Waals surface area contributed by atoms with E-state index >= 15 is 0 Å². The summed E-state index contributed by atoms with van der Waals surface area (Å²) in [6.07, 6.45) is 2.68. The molecule has 2 heterocycles. The maximum absolute atomic E-state index is 12.5. The van der Waals surface area contributed by atoms with Gasteiger partial charge in [0.05, 0.1) is 12.1 Å². The molecule has 0 aliphatic carbocycles. The zero-order valence-corrected chi connectivity index (χ0v) is 18.0. The van der Waals surface area contributed by atoms with Gasteiger partial charge in [-0.25, -0.2) is 9.78 Å². The molecule has 0 fully saturated rings. The minimum Gasteiger partial charge on any atom is -0.505 e. The fourth-order valence-electron chi connectivity index (χ4n) is 3.22. The van der Waals surface area contributed by atoms with Crippen LogP contribution in [-0.2, 0) is 17.6 Å². The van der Waals surface area contributed by atoms with E-state index in [4.69, 9.17) is 14.5 Å². The van der Waals surface area contributed by atoms with Crippen LogP contribution in [0.3, 0.4) is 0 Å². The van der Waals surface area contributed by atoms with E-state index in [2.05, 4.69) is 20.3 Å². The van der Waals surface area contributed by atoms with Gasteiger partial charge in [-0.05, 0) is 39.3 Å². The van der Waals surface area contributed by atoms with Gasteiger partial charge in [0.2, 0.25) is 11.3 Å². The number of nitrogens with one attached hydrogen (secondary N) is 2. The number of alkyl carbamates (subject to hydrolysis) is 1. The Hall–Kier alpha value is -3.80.